The first kappa shape index (κ1) is 9.98. The fraction of sp³-hybridized carbons (Fsp3) is 0.200. The monoisotopic (exact) mass is 219 g/mol. The van der Waals surface area contributed by atoms with Crippen molar-refractivity contribution in [3.05, 3.63) is 45.7 Å². The fourth-order valence-corrected chi connectivity index (χ4v) is 2.50. The summed E-state index contributed by atoms with van der Waals surface area (Å²) in [6.45, 7) is -0.156. The molecule has 0 saturated carbocycles. The largest absolute Gasteiger partial charge is 0.396 e. The highest BCUT2D eigenvalue weighted by molar-refractivity contribution is 7.19. The Hall–Kier alpha value is -1.55. The second-order valence-corrected chi connectivity index (χ2v) is 4.21. The molecular formula is C10H9N3OS. The minimum absolute atomic E-state index is 0.156. The van der Waals surface area contributed by atoms with E-state index in [4.69, 9.17) is 10.6 Å². The lowest BCUT2D eigenvalue weighted by Crippen LogP contribution is -1.96. The predicted octanol–water partition coefficient (Wildman–Crippen LogP) is 3.25. The summed E-state index contributed by atoms with van der Waals surface area (Å²) in [5, 5.41) is 13.7. The van der Waals surface area contributed by atoms with Gasteiger partial charge in [-0.25, -0.2) is 0 Å². The zero-order valence-electron chi connectivity index (χ0n) is 7.87. The summed E-state index contributed by atoms with van der Waals surface area (Å²) >= 11 is 1.55. The maximum Gasteiger partial charge on any atom is 0.0949 e. The number of thiophene rings is 1. The van der Waals surface area contributed by atoms with Gasteiger partial charge in [-0.3, -0.25) is 0 Å². The topological polar surface area (TPSA) is 69.0 Å². The van der Waals surface area contributed by atoms with E-state index in [-0.39, 0.29) is 6.61 Å². The van der Waals surface area contributed by atoms with Gasteiger partial charge < -0.3 is 5.11 Å². The van der Waals surface area contributed by atoms with Crippen molar-refractivity contribution < 1.29 is 5.11 Å². The molecule has 0 spiro atoms. The van der Waals surface area contributed by atoms with Gasteiger partial charge in [0, 0.05) is 14.5 Å². The molecule has 0 aliphatic rings. The minimum atomic E-state index is -0.465. The van der Waals surface area contributed by atoms with Gasteiger partial charge in [-0.15, -0.1) is 11.3 Å². The quantitative estimate of drug-likeness (QED) is 0.480. The lowest BCUT2D eigenvalue weighted by Gasteiger charge is -2.01. The molecule has 0 aliphatic carbocycles. The number of azide groups is 1. The van der Waals surface area contributed by atoms with Crippen LogP contribution < -0.4 is 0 Å². The molecular weight excluding hydrogens is 210 g/mol. The van der Waals surface area contributed by atoms with Gasteiger partial charge in [0.2, 0.25) is 0 Å². The molecule has 0 radical (unpaired) electrons. The summed E-state index contributed by atoms with van der Waals surface area (Å²) in [6.07, 6.45) is 0. The first-order chi connectivity index (χ1) is 7.35. The van der Waals surface area contributed by atoms with E-state index in [9.17, 15) is 0 Å². The molecule has 0 amide bonds. The first-order valence-electron chi connectivity index (χ1n) is 4.48. The Morgan fingerprint density at radius 2 is 2.27 bits per heavy atom. The molecule has 1 N–H and O–H groups in total. The van der Waals surface area contributed by atoms with Gasteiger partial charge in [-0.2, -0.15) is 0 Å². The van der Waals surface area contributed by atoms with E-state index < -0.39 is 6.04 Å². The van der Waals surface area contributed by atoms with Crippen LogP contribution in [0.3, 0.4) is 0 Å². The molecule has 0 aliphatic heterocycles. The summed E-state index contributed by atoms with van der Waals surface area (Å²) in [7, 11) is 0. The third-order valence-corrected chi connectivity index (χ3v) is 3.35. The number of aliphatic hydroxyl groups excluding tert-OH is 1. The Morgan fingerprint density at radius 1 is 1.47 bits per heavy atom. The summed E-state index contributed by atoms with van der Waals surface area (Å²) in [4.78, 5) is 3.62. The molecule has 4 nitrogen and oxygen atoms in total. The Morgan fingerprint density at radius 3 is 2.93 bits per heavy atom. The Labute approximate surface area is 90.4 Å². The maximum absolute atomic E-state index is 9.08. The molecule has 1 atom stereocenters. The molecule has 2 rings (SSSR count). The van der Waals surface area contributed by atoms with Crippen LogP contribution in [0.5, 0.6) is 0 Å². The Balaban J connectivity index is 2.47. The molecule has 15 heavy (non-hydrogen) atoms. The third kappa shape index (κ3) is 1.94. The molecule has 1 heterocycles. The van der Waals surface area contributed by atoms with Gasteiger partial charge >= 0.3 is 0 Å². The zero-order chi connectivity index (χ0) is 10.7. The average Bonchev–Trinajstić information content (AvgIpc) is 2.69. The van der Waals surface area contributed by atoms with Crippen LogP contribution in [0, 0.1) is 0 Å². The van der Waals surface area contributed by atoms with Crippen molar-refractivity contribution in [2.75, 3.05) is 6.61 Å². The van der Waals surface area contributed by atoms with E-state index in [0.29, 0.717) is 0 Å². The molecule has 1 unspecified atom stereocenters. The SMILES string of the molecule is [N-]=[N+]=NC(CO)c1cc2ccccc2s1. The maximum atomic E-state index is 9.08. The van der Waals surface area contributed by atoms with Gasteiger partial charge in [0.05, 0.1) is 12.6 Å². The van der Waals surface area contributed by atoms with Crippen LogP contribution in [-0.4, -0.2) is 11.7 Å². The molecule has 5 heteroatoms. The van der Waals surface area contributed by atoms with Crippen LogP contribution in [0.2, 0.25) is 0 Å². The van der Waals surface area contributed by atoms with Crippen LogP contribution in [0.15, 0.2) is 35.4 Å². The third-order valence-electron chi connectivity index (χ3n) is 2.14. The molecule has 1 aromatic heterocycles. The first-order valence-corrected chi connectivity index (χ1v) is 5.30. The van der Waals surface area contributed by atoms with Crippen molar-refractivity contribution >= 4 is 21.4 Å². The summed E-state index contributed by atoms with van der Waals surface area (Å²) in [5.74, 6) is 0. The van der Waals surface area contributed by atoms with Crippen LogP contribution in [0.1, 0.15) is 10.9 Å². The lowest BCUT2D eigenvalue weighted by atomic mass is 10.2. The van der Waals surface area contributed by atoms with Crippen molar-refractivity contribution in [3.8, 4) is 0 Å². The zero-order valence-corrected chi connectivity index (χ0v) is 8.68. The predicted molar refractivity (Wildman–Crippen MR) is 60.8 cm³/mol. The van der Waals surface area contributed by atoms with E-state index in [1.54, 1.807) is 11.3 Å². The van der Waals surface area contributed by atoms with Crippen molar-refractivity contribution in [3.63, 3.8) is 0 Å². The number of aliphatic hydroxyl groups is 1. The summed E-state index contributed by atoms with van der Waals surface area (Å²) < 4.78 is 1.14. The second kappa shape index (κ2) is 4.31. The highest BCUT2D eigenvalue weighted by Crippen LogP contribution is 2.31. The number of fused-ring (bicyclic) bond motifs is 1. The smallest absolute Gasteiger partial charge is 0.0949 e. The van der Waals surface area contributed by atoms with E-state index in [1.807, 2.05) is 30.3 Å². The second-order valence-electron chi connectivity index (χ2n) is 3.09. The van der Waals surface area contributed by atoms with Gasteiger partial charge in [0.25, 0.3) is 0 Å². The van der Waals surface area contributed by atoms with Crippen LogP contribution in [0.25, 0.3) is 20.5 Å². The lowest BCUT2D eigenvalue weighted by molar-refractivity contribution is 0.269. The number of hydrogen-bond acceptors (Lipinski definition) is 3. The van der Waals surface area contributed by atoms with Crippen molar-refractivity contribution in [2.24, 2.45) is 5.11 Å². The van der Waals surface area contributed by atoms with Crippen LogP contribution in [0.4, 0.5) is 0 Å². The van der Waals surface area contributed by atoms with Gasteiger partial charge in [-0.05, 0) is 23.1 Å². The number of hydrogen-bond donors (Lipinski definition) is 1. The molecule has 0 fully saturated rings. The van der Waals surface area contributed by atoms with Crippen LogP contribution >= 0.6 is 11.3 Å². The van der Waals surface area contributed by atoms with Gasteiger partial charge in [0.1, 0.15) is 0 Å². The van der Waals surface area contributed by atoms with E-state index >= 15 is 0 Å². The van der Waals surface area contributed by atoms with E-state index in [2.05, 4.69) is 10.0 Å². The van der Waals surface area contributed by atoms with Crippen molar-refractivity contribution in [1.29, 1.82) is 0 Å². The number of rotatable bonds is 3. The minimum Gasteiger partial charge on any atom is -0.396 e. The highest BCUT2D eigenvalue weighted by atomic mass is 32.1. The van der Waals surface area contributed by atoms with Crippen molar-refractivity contribution in [1.82, 2.24) is 0 Å². The normalized spacial score (nSPS) is 12.3. The fourth-order valence-electron chi connectivity index (χ4n) is 1.41. The summed E-state index contributed by atoms with van der Waals surface area (Å²) in [5.41, 5.74) is 8.36. The molecule has 76 valence electrons. The molecule has 0 bridgehead atoms. The van der Waals surface area contributed by atoms with Gasteiger partial charge in [0.15, 0.2) is 0 Å². The molecule has 0 saturated heterocycles. The standard InChI is InChI=1S/C10H9N3OS/c11-13-12-8(6-14)10-5-7-3-1-2-4-9(7)15-10/h1-5,8,14H,6H2. The summed E-state index contributed by atoms with van der Waals surface area (Å²) in [6, 6.07) is 9.42. The average molecular weight is 219 g/mol. The van der Waals surface area contributed by atoms with E-state index in [1.165, 1.54) is 0 Å². The molecule has 2 aromatic rings. The number of nitrogens with zero attached hydrogens (tertiary/aromatic N) is 3. The van der Waals surface area contributed by atoms with Crippen LogP contribution in [-0.2, 0) is 0 Å². The number of benzene rings is 1. The highest BCUT2D eigenvalue weighted by Gasteiger charge is 2.11. The molecule has 1 aromatic carbocycles. The van der Waals surface area contributed by atoms with E-state index in [0.717, 1.165) is 15.0 Å². The van der Waals surface area contributed by atoms with Gasteiger partial charge in [-0.1, -0.05) is 23.3 Å². The Bertz CT molecular complexity index is 483. The Kier molecular flexibility index (Phi) is 2.87. The van der Waals surface area contributed by atoms with Crippen molar-refractivity contribution in [2.45, 2.75) is 6.04 Å².